The number of nitrogens with one attached hydrogen (secondary N) is 1. The van der Waals surface area contributed by atoms with Crippen LogP contribution in [0.4, 0.5) is 9.18 Å². The summed E-state index contributed by atoms with van der Waals surface area (Å²) in [4.78, 5) is 11.1. The van der Waals surface area contributed by atoms with Crippen LogP contribution in [0.15, 0.2) is 35.0 Å². The second kappa shape index (κ2) is 6.04. The molecule has 6 heteroatoms. The van der Waals surface area contributed by atoms with Crippen molar-refractivity contribution in [1.82, 2.24) is 5.32 Å². The number of rotatable bonds is 4. The van der Waals surface area contributed by atoms with Crippen LogP contribution in [0.5, 0.6) is 5.75 Å². The average molecular weight is 300 g/mol. The topological polar surface area (TPSA) is 38.3 Å². The van der Waals surface area contributed by atoms with Gasteiger partial charge >= 0.3 is 5.37 Å². The molecule has 0 aliphatic heterocycles. The smallest absolute Gasteiger partial charge is 0.314 e. The molecule has 0 bridgehead atoms. The molecule has 0 aliphatic rings. The van der Waals surface area contributed by atoms with Crippen LogP contribution in [-0.4, -0.2) is 12.5 Å². The minimum Gasteiger partial charge on any atom is -0.494 e. The molecule has 0 spiro atoms. The number of halogens is 2. The van der Waals surface area contributed by atoms with E-state index in [9.17, 15) is 9.18 Å². The summed E-state index contributed by atoms with van der Waals surface area (Å²) in [7, 11) is 1.40. The van der Waals surface area contributed by atoms with E-state index in [-0.39, 0.29) is 5.75 Å². The molecule has 1 aromatic carbocycles. The van der Waals surface area contributed by atoms with Crippen LogP contribution in [0.3, 0.4) is 0 Å². The van der Waals surface area contributed by atoms with Gasteiger partial charge in [-0.15, -0.1) is 0 Å². The van der Waals surface area contributed by atoms with Gasteiger partial charge in [0, 0.05) is 0 Å². The van der Waals surface area contributed by atoms with Crippen LogP contribution in [0.1, 0.15) is 17.2 Å². The van der Waals surface area contributed by atoms with Crippen molar-refractivity contribution < 1.29 is 13.9 Å². The van der Waals surface area contributed by atoms with Gasteiger partial charge in [-0.1, -0.05) is 6.07 Å². The lowest BCUT2D eigenvalue weighted by Gasteiger charge is -2.17. The Morgan fingerprint density at radius 3 is 2.74 bits per heavy atom. The number of ether oxygens (including phenoxy) is 1. The molecule has 100 valence electrons. The first-order valence-electron chi connectivity index (χ1n) is 5.43. The molecular weight excluding hydrogens is 289 g/mol. The molecule has 0 saturated carbocycles. The van der Waals surface area contributed by atoms with Gasteiger partial charge in [-0.05, 0) is 51.7 Å². The Morgan fingerprint density at radius 2 is 2.21 bits per heavy atom. The van der Waals surface area contributed by atoms with Crippen LogP contribution in [0, 0.1) is 5.82 Å². The molecule has 0 radical (unpaired) electrons. The van der Waals surface area contributed by atoms with Crippen molar-refractivity contribution in [2.75, 3.05) is 7.11 Å². The second-order valence-electron chi connectivity index (χ2n) is 3.80. The number of hydrogen-bond acceptors (Lipinski definition) is 3. The minimum absolute atomic E-state index is 0.157. The van der Waals surface area contributed by atoms with E-state index in [4.69, 9.17) is 16.3 Å². The highest BCUT2D eigenvalue weighted by molar-refractivity contribution is 7.08. The van der Waals surface area contributed by atoms with Gasteiger partial charge < -0.3 is 10.1 Å². The fraction of sp³-hybridized carbons (Fsp3) is 0.154. The molecule has 0 aliphatic carbocycles. The van der Waals surface area contributed by atoms with Crippen LogP contribution in [0.2, 0.25) is 0 Å². The Labute approximate surface area is 119 Å². The molecule has 1 atom stereocenters. The van der Waals surface area contributed by atoms with Crippen molar-refractivity contribution in [3.63, 3.8) is 0 Å². The van der Waals surface area contributed by atoms with Crippen molar-refractivity contribution >= 4 is 28.3 Å². The zero-order valence-corrected chi connectivity index (χ0v) is 11.6. The molecule has 0 fully saturated rings. The highest BCUT2D eigenvalue weighted by atomic mass is 35.5. The molecule has 1 unspecified atom stereocenters. The maximum Gasteiger partial charge on any atom is 0.314 e. The monoisotopic (exact) mass is 299 g/mol. The number of benzene rings is 1. The molecule has 0 saturated heterocycles. The Hall–Kier alpha value is -1.59. The van der Waals surface area contributed by atoms with Crippen LogP contribution < -0.4 is 10.1 Å². The Balaban J connectivity index is 2.38. The van der Waals surface area contributed by atoms with Gasteiger partial charge in [-0.25, -0.2) is 4.39 Å². The third kappa shape index (κ3) is 3.24. The van der Waals surface area contributed by atoms with Gasteiger partial charge in [-0.3, -0.25) is 4.79 Å². The number of amides is 1. The summed E-state index contributed by atoms with van der Waals surface area (Å²) < 4.78 is 18.6. The molecule has 3 nitrogen and oxygen atoms in total. The summed E-state index contributed by atoms with van der Waals surface area (Å²) in [5, 5.41) is 5.65. The summed E-state index contributed by atoms with van der Waals surface area (Å²) >= 11 is 6.86. The van der Waals surface area contributed by atoms with E-state index >= 15 is 0 Å². The zero-order valence-electron chi connectivity index (χ0n) is 10.0. The Bertz CT molecular complexity index is 574. The Morgan fingerprint density at radius 1 is 1.42 bits per heavy atom. The largest absolute Gasteiger partial charge is 0.494 e. The van der Waals surface area contributed by atoms with E-state index in [0.717, 1.165) is 5.56 Å². The highest BCUT2D eigenvalue weighted by Crippen LogP contribution is 2.27. The minimum atomic E-state index is -0.688. The first-order valence-corrected chi connectivity index (χ1v) is 6.75. The van der Waals surface area contributed by atoms with Gasteiger partial charge in [0.05, 0.1) is 13.2 Å². The molecule has 19 heavy (non-hydrogen) atoms. The molecule has 1 amide bonds. The van der Waals surface area contributed by atoms with E-state index in [0.29, 0.717) is 5.56 Å². The van der Waals surface area contributed by atoms with Crippen LogP contribution >= 0.6 is 22.9 Å². The van der Waals surface area contributed by atoms with E-state index in [1.165, 1.54) is 30.6 Å². The summed E-state index contributed by atoms with van der Waals surface area (Å²) in [6, 6.07) is 5.91. The standard InChI is InChI=1S/C13H11ClFNO2S/c1-18-11-3-2-8(6-10(11)15)12(16-13(14)17)9-4-5-19-7-9/h2-7,12H,1H3,(H,16,17). The normalized spacial score (nSPS) is 11.9. The fourth-order valence-corrected chi connectivity index (χ4v) is 2.57. The van der Waals surface area contributed by atoms with Gasteiger partial charge in [-0.2, -0.15) is 11.3 Å². The van der Waals surface area contributed by atoms with Crippen molar-refractivity contribution in [3.8, 4) is 5.75 Å². The third-order valence-electron chi connectivity index (χ3n) is 2.64. The van der Waals surface area contributed by atoms with Crippen molar-refractivity contribution in [1.29, 1.82) is 0 Å². The predicted octanol–water partition coefficient (Wildman–Crippen LogP) is 3.93. The Kier molecular flexibility index (Phi) is 4.39. The van der Waals surface area contributed by atoms with Crippen molar-refractivity contribution in [2.24, 2.45) is 0 Å². The van der Waals surface area contributed by atoms with Crippen LogP contribution in [-0.2, 0) is 0 Å². The molecule has 2 rings (SSSR count). The first kappa shape index (κ1) is 13.8. The summed E-state index contributed by atoms with van der Waals surface area (Å²) in [5.41, 5.74) is 1.45. The van der Waals surface area contributed by atoms with E-state index in [1.807, 2.05) is 16.8 Å². The first-order chi connectivity index (χ1) is 9.11. The second-order valence-corrected chi connectivity index (χ2v) is 4.93. The number of thiophene rings is 1. The SMILES string of the molecule is COc1ccc(C(NC(=O)Cl)c2ccsc2)cc1F. The third-order valence-corrected chi connectivity index (χ3v) is 3.45. The molecule has 1 N–H and O–H groups in total. The van der Waals surface area contributed by atoms with Gasteiger partial charge in [0.15, 0.2) is 11.6 Å². The lowest BCUT2D eigenvalue weighted by molar-refractivity contribution is 0.258. The maximum absolute atomic E-state index is 13.7. The number of methoxy groups -OCH3 is 1. The predicted molar refractivity (Wildman–Crippen MR) is 73.5 cm³/mol. The summed E-state index contributed by atoms with van der Waals surface area (Å²) in [6.07, 6.45) is 0. The van der Waals surface area contributed by atoms with E-state index in [1.54, 1.807) is 6.07 Å². The molecule has 1 heterocycles. The summed E-state index contributed by atoms with van der Waals surface area (Å²) in [6.45, 7) is 0. The fourth-order valence-electron chi connectivity index (χ4n) is 1.77. The highest BCUT2D eigenvalue weighted by Gasteiger charge is 2.18. The number of hydrogen-bond donors (Lipinski definition) is 1. The number of carbonyl (C=O) groups excluding carboxylic acids is 1. The van der Waals surface area contributed by atoms with Gasteiger partial charge in [0.2, 0.25) is 0 Å². The molecule has 1 aromatic heterocycles. The molecular formula is C13H11ClFNO2S. The zero-order chi connectivity index (χ0) is 13.8. The maximum atomic E-state index is 13.7. The average Bonchev–Trinajstić information content (AvgIpc) is 2.89. The lowest BCUT2D eigenvalue weighted by atomic mass is 10.0. The van der Waals surface area contributed by atoms with Crippen LogP contribution in [0.25, 0.3) is 0 Å². The van der Waals surface area contributed by atoms with Gasteiger partial charge in [0.25, 0.3) is 0 Å². The summed E-state index contributed by atoms with van der Waals surface area (Å²) in [5.74, 6) is -0.325. The lowest BCUT2D eigenvalue weighted by Crippen LogP contribution is -2.24. The van der Waals surface area contributed by atoms with Gasteiger partial charge in [0.1, 0.15) is 0 Å². The molecule has 2 aromatic rings. The van der Waals surface area contributed by atoms with E-state index in [2.05, 4.69) is 5.32 Å². The van der Waals surface area contributed by atoms with Crippen molar-refractivity contribution in [3.05, 3.63) is 52.0 Å². The number of carbonyl (C=O) groups is 1. The van der Waals surface area contributed by atoms with E-state index < -0.39 is 17.2 Å². The van der Waals surface area contributed by atoms with Crippen molar-refractivity contribution in [2.45, 2.75) is 6.04 Å². The quantitative estimate of drug-likeness (QED) is 0.686.